The summed E-state index contributed by atoms with van der Waals surface area (Å²) in [5, 5.41) is 19.1. The number of fused-ring (bicyclic) bond motifs is 1. The smallest absolute Gasteiger partial charge is 0.125 e. The monoisotopic (exact) mass is 277 g/mol. The lowest BCUT2D eigenvalue weighted by molar-refractivity contribution is 0.481. The number of aryl methyl sites for hydroxylation is 2. The van der Waals surface area contributed by atoms with E-state index in [2.05, 4.69) is 21.3 Å². The fraction of sp³-hybridized carbons (Fsp3) is 0.118. The first-order valence-corrected chi connectivity index (χ1v) is 6.70. The van der Waals surface area contributed by atoms with Gasteiger partial charge in [-0.15, -0.1) is 5.11 Å². The van der Waals surface area contributed by atoms with Crippen LogP contribution < -0.4 is 0 Å². The molecule has 1 heterocycles. The van der Waals surface area contributed by atoms with E-state index in [-0.39, 0.29) is 5.75 Å². The third-order valence-electron chi connectivity index (χ3n) is 3.21. The Hall–Kier alpha value is -2.75. The van der Waals surface area contributed by atoms with E-state index in [4.69, 9.17) is 0 Å². The van der Waals surface area contributed by atoms with Crippen molar-refractivity contribution in [2.24, 2.45) is 10.2 Å². The molecule has 3 rings (SSSR count). The van der Waals surface area contributed by atoms with Gasteiger partial charge in [-0.05, 0) is 61.4 Å². The Balaban J connectivity index is 2.05. The van der Waals surface area contributed by atoms with E-state index in [0.717, 1.165) is 16.8 Å². The molecule has 0 aliphatic rings. The summed E-state index contributed by atoms with van der Waals surface area (Å²) in [5.41, 5.74) is 4.40. The number of aromatic hydroxyl groups is 1. The highest BCUT2D eigenvalue weighted by molar-refractivity contribution is 5.93. The zero-order valence-corrected chi connectivity index (χ0v) is 11.9. The van der Waals surface area contributed by atoms with Gasteiger partial charge >= 0.3 is 0 Å². The van der Waals surface area contributed by atoms with Crippen molar-refractivity contribution in [2.45, 2.75) is 13.8 Å². The lowest BCUT2D eigenvalue weighted by atomic mass is 10.1. The van der Waals surface area contributed by atoms with Gasteiger partial charge in [-0.25, -0.2) is 0 Å². The average molecular weight is 277 g/mol. The van der Waals surface area contributed by atoms with Gasteiger partial charge in [0, 0.05) is 11.6 Å². The number of hydrogen-bond donors (Lipinski definition) is 1. The van der Waals surface area contributed by atoms with Crippen molar-refractivity contribution in [1.29, 1.82) is 0 Å². The van der Waals surface area contributed by atoms with Crippen LogP contribution in [0.15, 0.2) is 58.9 Å². The van der Waals surface area contributed by atoms with E-state index in [9.17, 15) is 5.11 Å². The highest BCUT2D eigenvalue weighted by atomic mass is 16.3. The highest BCUT2D eigenvalue weighted by Crippen LogP contribution is 2.31. The van der Waals surface area contributed by atoms with Crippen molar-refractivity contribution in [3.8, 4) is 5.75 Å². The normalized spacial score (nSPS) is 11.3. The minimum Gasteiger partial charge on any atom is -0.507 e. The molecule has 2 aromatic carbocycles. The standard InChI is InChI=1S/C17H15N3O/c1-11-8-12(2)10-13(9-11)19-20-15-5-6-16(21)14-4-3-7-18-17(14)15/h3-10,21H,1-2H3. The van der Waals surface area contributed by atoms with E-state index in [0.29, 0.717) is 16.6 Å². The van der Waals surface area contributed by atoms with Crippen LogP contribution >= 0.6 is 0 Å². The molecule has 0 spiro atoms. The molecule has 4 nitrogen and oxygen atoms in total. The van der Waals surface area contributed by atoms with Gasteiger partial charge in [-0.3, -0.25) is 4.98 Å². The molecule has 0 bridgehead atoms. The summed E-state index contributed by atoms with van der Waals surface area (Å²) in [6, 6.07) is 13.0. The zero-order valence-electron chi connectivity index (χ0n) is 11.9. The molecular formula is C17H15N3O. The van der Waals surface area contributed by atoms with Crippen LogP contribution in [0.3, 0.4) is 0 Å². The first-order valence-electron chi connectivity index (χ1n) is 6.70. The Morgan fingerprint density at radius 1 is 0.952 bits per heavy atom. The molecular weight excluding hydrogens is 262 g/mol. The minimum atomic E-state index is 0.198. The van der Waals surface area contributed by atoms with Gasteiger partial charge in [0.25, 0.3) is 0 Å². The van der Waals surface area contributed by atoms with E-state index < -0.39 is 0 Å². The van der Waals surface area contributed by atoms with Gasteiger partial charge in [0.15, 0.2) is 0 Å². The maximum atomic E-state index is 9.84. The van der Waals surface area contributed by atoms with Crippen LogP contribution in [-0.2, 0) is 0 Å². The van der Waals surface area contributed by atoms with Gasteiger partial charge in [-0.1, -0.05) is 6.07 Å². The third kappa shape index (κ3) is 2.74. The van der Waals surface area contributed by atoms with Gasteiger partial charge in [0.05, 0.1) is 5.69 Å². The van der Waals surface area contributed by atoms with Crippen LogP contribution in [0.4, 0.5) is 11.4 Å². The number of azo groups is 1. The van der Waals surface area contributed by atoms with Gasteiger partial charge in [0.1, 0.15) is 17.0 Å². The largest absolute Gasteiger partial charge is 0.507 e. The first-order chi connectivity index (χ1) is 10.1. The summed E-state index contributed by atoms with van der Waals surface area (Å²) >= 11 is 0. The average Bonchev–Trinajstić information content (AvgIpc) is 2.46. The fourth-order valence-corrected chi connectivity index (χ4v) is 2.34. The molecule has 0 aliphatic heterocycles. The second kappa shape index (κ2) is 5.32. The second-order valence-corrected chi connectivity index (χ2v) is 5.05. The molecule has 0 radical (unpaired) electrons. The van der Waals surface area contributed by atoms with Crippen molar-refractivity contribution >= 4 is 22.3 Å². The summed E-state index contributed by atoms with van der Waals surface area (Å²) < 4.78 is 0. The number of pyridine rings is 1. The van der Waals surface area contributed by atoms with Crippen LogP contribution in [-0.4, -0.2) is 10.1 Å². The van der Waals surface area contributed by atoms with Crippen molar-refractivity contribution in [1.82, 2.24) is 4.98 Å². The predicted molar refractivity (Wildman–Crippen MR) is 83.5 cm³/mol. The Labute approximate surface area is 122 Å². The third-order valence-corrected chi connectivity index (χ3v) is 3.21. The molecule has 0 amide bonds. The molecule has 1 N–H and O–H groups in total. The summed E-state index contributed by atoms with van der Waals surface area (Å²) in [6.07, 6.45) is 1.68. The number of hydrogen-bond acceptors (Lipinski definition) is 4. The number of rotatable bonds is 2. The Bertz CT molecular complexity index is 820. The molecule has 1 aromatic heterocycles. The van der Waals surface area contributed by atoms with E-state index in [1.165, 1.54) is 0 Å². The predicted octanol–water partition coefficient (Wildman–Crippen LogP) is 4.97. The lowest BCUT2D eigenvalue weighted by Crippen LogP contribution is -1.79. The molecule has 0 aliphatic carbocycles. The van der Waals surface area contributed by atoms with E-state index >= 15 is 0 Å². The number of nitrogens with zero attached hydrogens (tertiary/aromatic N) is 3. The topological polar surface area (TPSA) is 57.8 Å². The SMILES string of the molecule is Cc1cc(C)cc(N=Nc2ccc(O)c3cccnc23)c1. The number of phenols is 1. The van der Waals surface area contributed by atoms with Crippen molar-refractivity contribution in [3.05, 3.63) is 59.8 Å². The van der Waals surface area contributed by atoms with E-state index in [1.807, 2.05) is 32.0 Å². The number of aromatic nitrogens is 1. The Kier molecular flexibility index (Phi) is 3.36. The Morgan fingerprint density at radius 2 is 1.71 bits per heavy atom. The number of benzene rings is 2. The van der Waals surface area contributed by atoms with Crippen molar-refractivity contribution in [2.75, 3.05) is 0 Å². The van der Waals surface area contributed by atoms with E-state index in [1.54, 1.807) is 24.4 Å². The molecule has 4 heteroatoms. The molecule has 3 aromatic rings. The summed E-state index contributed by atoms with van der Waals surface area (Å²) in [7, 11) is 0. The molecule has 0 fully saturated rings. The van der Waals surface area contributed by atoms with Crippen LogP contribution in [0, 0.1) is 13.8 Å². The molecule has 0 unspecified atom stereocenters. The molecule has 0 atom stereocenters. The van der Waals surface area contributed by atoms with Gasteiger partial charge < -0.3 is 5.11 Å². The van der Waals surface area contributed by atoms with Gasteiger partial charge in [-0.2, -0.15) is 5.11 Å². The summed E-state index contributed by atoms with van der Waals surface area (Å²) in [6.45, 7) is 4.06. The van der Waals surface area contributed by atoms with Crippen LogP contribution in [0.1, 0.15) is 11.1 Å². The van der Waals surface area contributed by atoms with Crippen LogP contribution in [0.25, 0.3) is 10.9 Å². The maximum absolute atomic E-state index is 9.84. The molecule has 104 valence electrons. The van der Waals surface area contributed by atoms with Gasteiger partial charge in [0.2, 0.25) is 0 Å². The lowest BCUT2D eigenvalue weighted by Gasteiger charge is -2.03. The van der Waals surface area contributed by atoms with Crippen molar-refractivity contribution in [3.63, 3.8) is 0 Å². The first kappa shape index (κ1) is 13.2. The summed E-state index contributed by atoms with van der Waals surface area (Å²) in [4.78, 5) is 4.28. The van der Waals surface area contributed by atoms with Crippen LogP contribution in [0.5, 0.6) is 5.75 Å². The second-order valence-electron chi connectivity index (χ2n) is 5.05. The zero-order chi connectivity index (χ0) is 14.8. The highest BCUT2D eigenvalue weighted by Gasteiger charge is 2.05. The fourth-order valence-electron chi connectivity index (χ4n) is 2.34. The number of phenolic OH excluding ortho intramolecular Hbond substituents is 1. The Morgan fingerprint density at radius 3 is 2.48 bits per heavy atom. The van der Waals surface area contributed by atoms with Crippen LogP contribution in [0.2, 0.25) is 0 Å². The molecule has 21 heavy (non-hydrogen) atoms. The summed E-state index contributed by atoms with van der Waals surface area (Å²) in [5.74, 6) is 0.198. The molecule has 0 saturated heterocycles. The maximum Gasteiger partial charge on any atom is 0.125 e. The van der Waals surface area contributed by atoms with Crippen molar-refractivity contribution < 1.29 is 5.11 Å². The minimum absolute atomic E-state index is 0.198. The molecule has 0 saturated carbocycles. The quantitative estimate of drug-likeness (QED) is 0.672.